The Kier molecular flexibility index (Phi) is 5.53. The van der Waals surface area contributed by atoms with Gasteiger partial charge in [-0.15, -0.1) is 0 Å². The molecule has 0 spiro atoms. The van der Waals surface area contributed by atoms with Crippen LogP contribution in [0.4, 0.5) is 8.78 Å². The van der Waals surface area contributed by atoms with Crippen LogP contribution in [0.2, 0.25) is 5.02 Å². The molecule has 27 heavy (non-hydrogen) atoms. The topological polar surface area (TPSA) is 44.0 Å². The van der Waals surface area contributed by atoms with Gasteiger partial charge in [0.15, 0.2) is 0 Å². The van der Waals surface area contributed by atoms with Crippen LogP contribution in [-0.2, 0) is 17.5 Å². The largest absolute Gasteiger partial charge is 0.331 e. The van der Waals surface area contributed by atoms with Gasteiger partial charge in [-0.25, -0.2) is 4.79 Å². The molecule has 0 aliphatic rings. The molecule has 0 atom stereocenters. The summed E-state index contributed by atoms with van der Waals surface area (Å²) in [7, 11) is 1.54. The van der Waals surface area contributed by atoms with Crippen LogP contribution in [0.15, 0.2) is 64.2 Å². The van der Waals surface area contributed by atoms with Crippen LogP contribution in [0.5, 0.6) is 0 Å². The summed E-state index contributed by atoms with van der Waals surface area (Å²) in [4.78, 5) is 25.1. The van der Waals surface area contributed by atoms with Crippen molar-refractivity contribution < 1.29 is 8.78 Å². The first-order valence-electron chi connectivity index (χ1n) is 7.90. The van der Waals surface area contributed by atoms with Gasteiger partial charge in [0.2, 0.25) is 0 Å². The van der Waals surface area contributed by atoms with Crippen LogP contribution in [-0.4, -0.2) is 9.13 Å². The number of nitrogens with zero attached hydrogens (tertiary/aromatic N) is 2. The standard InChI is InChI=1S/C19H14ClF2IN2O2/c1-24-16(13-4-6-14(7-5-13)19(21,22)23)10-17(26)25(18(24)27)11-12-2-8-15(20)9-3-12/h2-10H,11H2,1H3. The third-order valence-corrected chi connectivity index (χ3v) is 5.04. The molecule has 0 aliphatic heterocycles. The lowest BCUT2D eigenvalue weighted by Gasteiger charge is -2.13. The van der Waals surface area contributed by atoms with Crippen molar-refractivity contribution in [3.63, 3.8) is 0 Å². The fourth-order valence-corrected chi connectivity index (χ4v) is 3.18. The first-order chi connectivity index (χ1) is 12.7. The van der Waals surface area contributed by atoms with E-state index < -0.39 is 15.2 Å². The summed E-state index contributed by atoms with van der Waals surface area (Å²) in [6.45, 7) is 0.114. The second-order valence-electron chi connectivity index (χ2n) is 6.00. The van der Waals surface area contributed by atoms with Crippen molar-refractivity contribution in [3.05, 3.63) is 91.6 Å². The summed E-state index contributed by atoms with van der Waals surface area (Å²) < 4.78 is 26.2. The van der Waals surface area contributed by atoms with Crippen molar-refractivity contribution >= 4 is 34.2 Å². The molecule has 1 heterocycles. The van der Waals surface area contributed by atoms with E-state index in [2.05, 4.69) is 0 Å². The zero-order valence-electron chi connectivity index (χ0n) is 14.1. The van der Waals surface area contributed by atoms with E-state index in [0.717, 1.165) is 32.7 Å². The molecular formula is C19H14ClF2IN2O2. The molecule has 0 saturated heterocycles. The predicted octanol–water partition coefficient (Wildman–Crippen LogP) is 4.40. The van der Waals surface area contributed by atoms with E-state index in [9.17, 15) is 18.4 Å². The third-order valence-electron chi connectivity index (χ3n) is 4.17. The summed E-state index contributed by atoms with van der Waals surface area (Å²) in [5.41, 5.74) is 0.533. The fraction of sp³-hybridized carbons (Fsp3) is 0.158. The molecule has 1 aromatic heterocycles. The van der Waals surface area contributed by atoms with Gasteiger partial charge in [-0.1, -0.05) is 48.0 Å². The average Bonchev–Trinajstić information content (AvgIpc) is 2.63. The summed E-state index contributed by atoms with van der Waals surface area (Å²) in [6.07, 6.45) is 0. The van der Waals surface area contributed by atoms with Crippen LogP contribution in [0.3, 0.4) is 0 Å². The molecule has 0 fully saturated rings. The van der Waals surface area contributed by atoms with E-state index in [0.29, 0.717) is 16.3 Å². The second kappa shape index (κ2) is 7.55. The molecule has 8 heteroatoms. The third kappa shape index (κ3) is 4.30. The van der Waals surface area contributed by atoms with Crippen LogP contribution >= 0.6 is 34.2 Å². The highest BCUT2D eigenvalue weighted by atomic mass is 127. The minimum atomic E-state index is -2.98. The summed E-state index contributed by atoms with van der Waals surface area (Å²) in [5, 5.41) is 0.565. The smallest absolute Gasteiger partial charge is 0.296 e. The molecule has 0 aliphatic carbocycles. The Morgan fingerprint density at radius 1 is 1.04 bits per heavy atom. The molecule has 0 radical (unpaired) electrons. The average molecular weight is 503 g/mol. The highest BCUT2D eigenvalue weighted by Gasteiger charge is 2.26. The maximum atomic E-state index is 13.4. The first kappa shape index (κ1) is 19.8. The second-order valence-corrected chi connectivity index (χ2v) is 7.79. The van der Waals surface area contributed by atoms with Crippen LogP contribution in [0, 0.1) is 0 Å². The van der Waals surface area contributed by atoms with Crippen LogP contribution < -0.4 is 11.2 Å². The summed E-state index contributed by atoms with van der Waals surface area (Å²) in [5.74, 6) is 0. The van der Waals surface area contributed by atoms with E-state index >= 15 is 0 Å². The SMILES string of the molecule is Cn1c(-c2ccc(C(F)(F)I)cc2)cc(=O)n(Cc2ccc(Cl)cc2)c1=O. The maximum absolute atomic E-state index is 13.4. The lowest BCUT2D eigenvalue weighted by molar-refractivity contribution is 0.127. The van der Waals surface area contributed by atoms with Crippen LogP contribution in [0.25, 0.3) is 11.3 Å². The van der Waals surface area contributed by atoms with Gasteiger partial charge < -0.3 is 0 Å². The van der Waals surface area contributed by atoms with E-state index in [-0.39, 0.29) is 12.1 Å². The van der Waals surface area contributed by atoms with Gasteiger partial charge in [0, 0.05) is 46.3 Å². The number of alkyl halides is 3. The Bertz CT molecular complexity index is 1090. The Morgan fingerprint density at radius 3 is 2.19 bits per heavy atom. The predicted molar refractivity (Wildman–Crippen MR) is 110 cm³/mol. The summed E-state index contributed by atoms with van der Waals surface area (Å²) >= 11 is 6.90. The molecule has 3 rings (SSSR count). The van der Waals surface area contributed by atoms with E-state index in [4.69, 9.17) is 11.6 Å². The molecule has 3 aromatic rings. The summed E-state index contributed by atoms with van der Waals surface area (Å²) in [6, 6.07) is 13.7. The van der Waals surface area contributed by atoms with Crippen molar-refractivity contribution in [3.8, 4) is 11.3 Å². The quantitative estimate of drug-likeness (QED) is 0.392. The maximum Gasteiger partial charge on any atom is 0.331 e. The normalized spacial score (nSPS) is 11.6. The lowest BCUT2D eigenvalue weighted by atomic mass is 10.1. The van der Waals surface area contributed by atoms with Gasteiger partial charge in [-0.05, 0) is 23.3 Å². The first-order valence-corrected chi connectivity index (χ1v) is 9.35. The molecule has 0 unspecified atom stereocenters. The van der Waals surface area contributed by atoms with Gasteiger partial charge >= 0.3 is 9.62 Å². The number of hydrogen-bond donors (Lipinski definition) is 0. The number of aromatic nitrogens is 2. The van der Waals surface area contributed by atoms with Crippen molar-refractivity contribution in [2.45, 2.75) is 10.5 Å². The molecule has 140 valence electrons. The van der Waals surface area contributed by atoms with Crippen molar-refractivity contribution in [2.24, 2.45) is 7.05 Å². The molecule has 4 nitrogen and oxygen atoms in total. The van der Waals surface area contributed by atoms with Gasteiger partial charge in [0.1, 0.15) is 0 Å². The molecule has 0 amide bonds. The zero-order valence-corrected chi connectivity index (χ0v) is 17.0. The monoisotopic (exact) mass is 502 g/mol. The van der Waals surface area contributed by atoms with Gasteiger partial charge in [0.05, 0.1) is 12.2 Å². The number of benzene rings is 2. The van der Waals surface area contributed by atoms with E-state index in [1.54, 1.807) is 24.3 Å². The van der Waals surface area contributed by atoms with Gasteiger partial charge in [-0.3, -0.25) is 13.9 Å². The molecular weight excluding hydrogens is 489 g/mol. The highest BCUT2D eigenvalue weighted by molar-refractivity contribution is 14.1. The highest BCUT2D eigenvalue weighted by Crippen LogP contribution is 2.35. The minimum absolute atomic E-state index is 0.114. The van der Waals surface area contributed by atoms with Gasteiger partial charge in [-0.2, -0.15) is 8.78 Å². The van der Waals surface area contributed by atoms with Crippen molar-refractivity contribution in [1.82, 2.24) is 9.13 Å². The minimum Gasteiger partial charge on any atom is -0.296 e. The zero-order chi connectivity index (χ0) is 19.8. The Hall–Kier alpha value is -2.00. The van der Waals surface area contributed by atoms with E-state index in [1.807, 2.05) is 0 Å². The Balaban J connectivity index is 2.01. The molecule has 2 aromatic carbocycles. The molecule has 0 bridgehead atoms. The van der Waals surface area contributed by atoms with Crippen LogP contribution in [0.1, 0.15) is 11.1 Å². The van der Waals surface area contributed by atoms with E-state index in [1.165, 1.54) is 41.9 Å². The fourth-order valence-electron chi connectivity index (χ4n) is 2.69. The lowest BCUT2D eigenvalue weighted by Crippen LogP contribution is -2.39. The van der Waals surface area contributed by atoms with Gasteiger partial charge in [0.25, 0.3) is 5.56 Å². The van der Waals surface area contributed by atoms with Crippen molar-refractivity contribution in [2.75, 3.05) is 0 Å². The number of hydrogen-bond acceptors (Lipinski definition) is 2. The number of halogens is 4. The molecule has 0 saturated carbocycles. The Labute approximate surface area is 172 Å². The number of rotatable bonds is 4. The molecule has 0 N–H and O–H groups in total. The Morgan fingerprint density at radius 2 is 1.63 bits per heavy atom. The van der Waals surface area contributed by atoms with Crippen molar-refractivity contribution in [1.29, 1.82) is 0 Å².